The molecule has 1 N–H and O–H groups in total. The summed E-state index contributed by atoms with van der Waals surface area (Å²) in [5.41, 5.74) is 0.683. The molecule has 0 unspecified atom stereocenters. The van der Waals surface area contributed by atoms with Gasteiger partial charge in [0.15, 0.2) is 0 Å². The third kappa shape index (κ3) is 3.93. The number of nitro benzene ring substituents is 1. The minimum absolute atomic E-state index is 0.0889. The Morgan fingerprint density at radius 1 is 1.16 bits per heavy atom. The number of para-hydroxylation sites is 1. The Hall–Kier alpha value is -2.96. The van der Waals surface area contributed by atoms with Gasteiger partial charge in [-0.25, -0.2) is 4.39 Å². The zero-order chi connectivity index (χ0) is 17.8. The summed E-state index contributed by atoms with van der Waals surface area (Å²) in [6.45, 7) is 1.04. The maximum atomic E-state index is 13.7. The number of anilines is 1. The van der Waals surface area contributed by atoms with Gasteiger partial charge >= 0.3 is 0 Å². The summed E-state index contributed by atoms with van der Waals surface area (Å²) >= 11 is 0. The Kier molecular flexibility index (Phi) is 4.92. The number of non-ortho nitro benzene ring substituents is 1. The topological polar surface area (TPSA) is 75.5 Å². The fourth-order valence-electron chi connectivity index (χ4n) is 2.96. The first-order chi connectivity index (χ1) is 12.0. The molecule has 1 saturated heterocycles. The average Bonchev–Trinajstić information content (AvgIpc) is 2.64. The third-order valence-electron chi connectivity index (χ3n) is 4.32. The van der Waals surface area contributed by atoms with Crippen molar-refractivity contribution in [1.29, 1.82) is 0 Å². The van der Waals surface area contributed by atoms with Crippen LogP contribution in [0.25, 0.3) is 0 Å². The van der Waals surface area contributed by atoms with Crippen molar-refractivity contribution >= 4 is 17.3 Å². The van der Waals surface area contributed by atoms with E-state index in [-0.39, 0.29) is 23.5 Å². The van der Waals surface area contributed by atoms with Crippen LogP contribution in [-0.2, 0) is 0 Å². The Morgan fingerprint density at radius 3 is 2.56 bits per heavy atom. The number of nitrogens with zero attached hydrogens (tertiary/aromatic N) is 2. The Labute approximate surface area is 144 Å². The van der Waals surface area contributed by atoms with Gasteiger partial charge in [0.1, 0.15) is 5.82 Å². The zero-order valence-corrected chi connectivity index (χ0v) is 13.5. The number of hydrogen-bond donors (Lipinski definition) is 1. The number of halogens is 1. The van der Waals surface area contributed by atoms with Gasteiger partial charge in [-0.2, -0.15) is 0 Å². The highest BCUT2D eigenvalue weighted by Gasteiger charge is 2.24. The van der Waals surface area contributed by atoms with Crippen molar-refractivity contribution in [3.8, 4) is 0 Å². The third-order valence-corrected chi connectivity index (χ3v) is 4.32. The lowest BCUT2D eigenvalue weighted by molar-refractivity contribution is -0.384. The molecule has 1 fully saturated rings. The van der Waals surface area contributed by atoms with E-state index in [1.54, 1.807) is 29.2 Å². The van der Waals surface area contributed by atoms with Crippen LogP contribution in [0.1, 0.15) is 23.2 Å². The molecule has 0 saturated carbocycles. The highest BCUT2D eigenvalue weighted by atomic mass is 19.1. The molecule has 1 heterocycles. The lowest BCUT2D eigenvalue weighted by Crippen LogP contribution is -2.42. The molecule has 0 aromatic heterocycles. The van der Waals surface area contributed by atoms with E-state index in [1.807, 2.05) is 0 Å². The molecule has 0 atom stereocenters. The van der Waals surface area contributed by atoms with Crippen LogP contribution in [0.3, 0.4) is 0 Å². The monoisotopic (exact) mass is 343 g/mol. The molecule has 1 aliphatic heterocycles. The van der Waals surface area contributed by atoms with Crippen molar-refractivity contribution in [1.82, 2.24) is 4.90 Å². The van der Waals surface area contributed by atoms with E-state index in [9.17, 15) is 19.3 Å². The maximum Gasteiger partial charge on any atom is 0.270 e. The standard InChI is InChI=1S/C18H18FN3O3/c19-16-6-1-2-7-17(16)20-14-8-10-21(11-9-14)18(23)13-4-3-5-15(12-13)22(24)25/h1-7,12,14,20H,8-11H2. The van der Waals surface area contributed by atoms with Gasteiger partial charge in [0.2, 0.25) is 0 Å². The first-order valence-electron chi connectivity index (χ1n) is 8.09. The van der Waals surface area contributed by atoms with E-state index >= 15 is 0 Å². The van der Waals surface area contributed by atoms with E-state index < -0.39 is 4.92 Å². The fourth-order valence-corrected chi connectivity index (χ4v) is 2.96. The highest BCUT2D eigenvalue weighted by Crippen LogP contribution is 2.21. The number of carbonyl (C=O) groups excluding carboxylic acids is 1. The predicted molar refractivity (Wildman–Crippen MR) is 92.0 cm³/mol. The van der Waals surface area contributed by atoms with Gasteiger partial charge in [0, 0.05) is 36.8 Å². The van der Waals surface area contributed by atoms with Gasteiger partial charge in [-0.3, -0.25) is 14.9 Å². The van der Waals surface area contributed by atoms with E-state index in [1.165, 1.54) is 24.3 Å². The first-order valence-corrected chi connectivity index (χ1v) is 8.09. The summed E-state index contributed by atoms with van der Waals surface area (Å²) < 4.78 is 13.7. The Bertz CT molecular complexity index is 789. The summed E-state index contributed by atoms with van der Waals surface area (Å²) in [5.74, 6) is -0.509. The molecule has 2 aromatic rings. The van der Waals surface area contributed by atoms with Crippen molar-refractivity contribution in [2.45, 2.75) is 18.9 Å². The van der Waals surface area contributed by atoms with Crippen molar-refractivity contribution in [2.75, 3.05) is 18.4 Å². The van der Waals surface area contributed by atoms with E-state index in [4.69, 9.17) is 0 Å². The predicted octanol–water partition coefficient (Wildman–Crippen LogP) is 3.45. The highest BCUT2D eigenvalue weighted by molar-refractivity contribution is 5.94. The van der Waals surface area contributed by atoms with E-state index in [0.29, 0.717) is 37.2 Å². The molecule has 1 amide bonds. The molecule has 2 aromatic carbocycles. The molecule has 7 heteroatoms. The summed E-state index contributed by atoms with van der Waals surface area (Å²) in [5, 5.41) is 14.0. The number of nitrogens with one attached hydrogen (secondary N) is 1. The molecule has 0 bridgehead atoms. The van der Waals surface area contributed by atoms with Gasteiger partial charge in [-0.1, -0.05) is 18.2 Å². The molecule has 0 aliphatic carbocycles. The molecule has 0 radical (unpaired) electrons. The zero-order valence-electron chi connectivity index (χ0n) is 13.5. The number of likely N-dealkylation sites (tertiary alicyclic amines) is 1. The molecular weight excluding hydrogens is 325 g/mol. The second-order valence-corrected chi connectivity index (χ2v) is 6.00. The van der Waals surface area contributed by atoms with Gasteiger partial charge < -0.3 is 10.2 Å². The summed E-state index contributed by atoms with van der Waals surface area (Å²) in [7, 11) is 0. The number of carbonyl (C=O) groups is 1. The van der Waals surface area contributed by atoms with Crippen LogP contribution in [0.2, 0.25) is 0 Å². The van der Waals surface area contributed by atoms with Crippen LogP contribution >= 0.6 is 0 Å². The second kappa shape index (κ2) is 7.29. The molecule has 25 heavy (non-hydrogen) atoms. The average molecular weight is 343 g/mol. The van der Waals surface area contributed by atoms with Crippen LogP contribution < -0.4 is 5.32 Å². The molecule has 130 valence electrons. The lowest BCUT2D eigenvalue weighted by Gasteiger charge is -2.33. The Balaban J connectivity index is 1.60. The van der Waals surface area contributed by atoms with Gasteiger partial charge in [-0.15, -0.1) is 0 Å². The summed E-state index contributed by atoms with van der Waals surface area (Å²) in [6, 6.07) is 12.3. The molecular formula is C18H18FN3O3. The minimum Gasteiger partial charge on any atom is -0.380 e. The second-order valence-electron chi connectivity index (χ2n) is 6.00. The summed E-state index contributed by atoms with van der Waals surface area (Å²) in [6.07, 6.45) is 1.38. The molecule has 3 rings (SSSR count). The van der Waals surface area contributed by atoms with E-state index in [2.05, 4.69) is 5.32 Å². The fraction of sp³-hybridized carbons (Fsp3) is 0.278. The number of hydrogen-bond acceptors (Lipinski definition) is 4. The number of nitro groups is 1. The van der Waals surface area contributed by atoms with E-state index in [0.717, 1.165) is 0 Å². The normalized spacial score (nSPS) is 15.0. The summed E-state index contributed by atoms with van der Waals surface area (Å²) in [4.78, 5) is 24.5. The number of amides is 1. The SMILES string of the molecule is O=C(c1cccc([N+](=O)[O-])c1)N1CCC(Nc2ccccc2F)CC1. The maximum absolute atomic E-state index is 13.7. The first kappa shape index (κ1) is 16.9. The van der Waals surface area contributed by atoms with Crippen molar-refractivity contribution in [2.24, 2.45) is 0 Å². The van der Waals surface area contributed by atoms with Gasteiger partial charge in [0.25, 0.3) is 11.6 Å². The van der Waals surface area contributed by atoms with Gasteiger partial charge in [-0.05, 0) is 31.0 Å². The minimum atomic E-state index is -0.513. The molecule has 6 nitrogen and oxygen atoms in total. The number of benzene rings is 2. The lowest BCUT2D eigenvalue weighted by atomic mass is 10.0. The molecule has 0 spiro atoms. The Morgan fingerprint density at radius 2 is 1.88 bits per heavy atom. The van der Waals surface area contributed by atoms with Crippen molar-refractivity contribution < 1.29 is 14.1 Å². The number of piperidine rings is 1. The van der Waals surface area contributed by atoms with Crippen LogP contribution in [0.15, 0.2) is 48.5 Å². The van der Waals surface area contributed by atoms with Crippen molar-refractivity contribution in [3.05, 3.63) is 70.0 Å². The largest absolute Gasteiger partial charge is 0.380 e. The number of rotatable bonds is 4. The van der Waals surface area contributed by atoms with Gasteiger partial charge in [0.05, 0.1) is 10.6 Å². The van der Waals surface area contributed by atoms with Crippen molar-refractivity contribution in [3.63, 3.8) is 0 Å². The van der Waals surface area contributed by atoms with Crippen LogP contribution in [0, 0.1) is 15.9 Å². The van der Waals surface area contributed by atoms with Crippen LogP contribution in [-0.4, -0.2) is 34.9 Å². The smallest absolute Gasteiger partial charge is 0.270 e. The van der Waals surface area contributed by atoms with Crippen LogP contribution in [0.4, 0.5) is 15.8 Å². The molecule has 1 aliphatic rings. The quantitative estimate of drug-likeness (QED) is 0.681. The van der Waals surface area contributed by atoms with Crippen LogP contribution in [0.5, 0.6) is 0 Å².